The quantitative estimate of drug-likeness (QED) is 0.912. The highest BCUT2D eigenvalue weighted by molar-refractivity contribution is 6.31. The lowest BCUT2D eigenvalue weighted by Gasteiger charge is -2.24. The molecule has 2 aromatic rings. The van der Waals surface area contributed by atoms with Gasteiger partial charge in [0.25, 0.3) is 0 Å². The van der Waals surface area contributed by atoms with E-state index < -0.39 is 0 Å². The van der Waals surface area contributed by atoms with Gasteiger partial charge in [-0.15, -0.1) is 0 Å². The van der Waals surface area contributed by atoms with Gasteiger partial charge in [-0.05, 0) is 55.6 Å². The highest BCUT2D eigenvalue weighted by atomic mass is 35.5. The third-order valence-electron chi connectivity index (χ3n) is 4.57. The average Bonchev–Trinajstić information content (AvgIpc) is 2.96. The number of amides is 1. The van der Waals surface area contributed by atoms with Gasteiger partial charge in [0.1, 0.15) is 0 Å². The third kappa shape index (κ3) is 3.41. The molecule has 0 saturated carbocycles. The molecule has 1 aliphatic carbocycles. The summed E-state index contributed by atoms with van der Waals surface area (Å²) in [6, 6.07) is 14.4. The molecule has 0 aromatic heterocycles. The molecule has 0 unspecified atom stereocenters. The molecular weight excluding hydrogens is 308 g/mol. The minimum Gasteiger partial charge on any atom is -0.325 e. The molecule has 23 heavy (non-hydrogen) atoms. The number of anilines is 1. The van der Waals surface area contributed by atoms with Crippen molar-refractivity contribution < 1.29 is 4.79 Å². The fourth-order valence-electron chi connectivity index (χ4n) is 3.26. The maximum atomic E-state index is 12.4. The monoisotopic (exact) mass is 328 g/mol. The van der Waals surface area contributed by atoms with E-state index >= 15 is 0 Å². The van der Waals surface area contributed by atoms with Crippen molar-refractivity contribution in [3.63, 3.8) is 0 Å². The van der Waals surface area contributed by atoms with Crippen LogP contribution in [0.15, 0.2) is 42.5 Å². The van der Waals surface area contributed by atoms with Crippen molar-refractivity contribution in [2.75, 3.05) is 18.9 Å². The number of nitrogens with zero attached hydrogens (tertiary/aromatic N) is 1. The maximum absolute atomic E-state index is 12.4. The van der Waals surface area contributed by atoms with E-state index in [4.69, 9.17) is 11.6 Å². The van der Waals surface area contributed by atoms with Crippen LogP contribution in [0.4, 0.5) is 5.69 Å². The van der Waals surface area contributed by atoms with Crippen LogP contribution in [-0.2, 0) is 11.2 Å². The Morgan fingerprint density at radius 2 is 2.04 bits per heavy atom. The smallest absolute Gasteiger partial charge is 0.238 e. The summed E-state index contributed by atoms with van der Waals surface area (Å²) in [5.41, 5.74) is 4.43. The van der Waals surface area contributed by atoms with Crippen molar-refractivity contribution in [2.24, 2.45) is 0 Å². The number of benzene rings is 2. The molecule has 0 saturated heterocycles. The second-order valence-electron chi connectivity index (χ2n) is 6.13. The van der Waals surface area contributed by atoms with E-state index in [9.17, 15) is 4.79 Å². The fraction of sp³-hybridized carbons (Fsp3) is 0.316. The lowest BCUT2D eigenvalue weighted by Crippen LogP contribution is -2.32. The molecule has 120 valence electrons. The molecule has 3 nitrogen and oxygen atoms in total. The van der Waals surface area contributed by atoms with Crippen LogP contribution in [0.25, 0.3) is 0 Å². The van der Waals surface area contributed by atoms with Crippen LogP contribution >= 0.6 is 11.6 Å². The van der Waals surface area contributed by atoms with Crippen LogP contribution in [0.1, 0.15) is 29.2 Å². The fourth-order valence-corrected chi connectivity index (χ4v) is 3.44. The van der Waals surface area contributed by atoms with Gasteiger partial charge in [-0.3, -0.25) is 9.69 Å². The largest absolute Gasteiger partial charge is 0.325 e. The van der Waals surface area contributed by atoms with Gasteiger partial charge in [0, 0.05) is 16.8 Å². The number of hydrogen-bond donors (Lipinski definition) is 1. The first-order valence-corrected chi connectivity index (χ1v) is 8.27. The summed E-state index contributed by atoms with van der Waals surface area (Å²) in [4.78, 5) is 14.5. The summed E-state index contributed by atoms with van der Waals surface area (Å²) in [5.74, 6) is -0.0118. The number of nitrogens with one attached hydrogen (secondary N) is 1. The summed E-state index contributed by atoms with van der Waals surface area (Å²) in [7, 11) is 2.01. The van der Waals surface area contributed by atoms with Crippen molar-refractivity contribution in [2.45, 2.75) is 25.8 Å². The van der Waals surface area contributed by atoms with Crippen LogP contribution in [-0.4, -0.2) is 24.4 Å². The van der Waals surface area contributed by atoms with E-state index in [1.807, 2.05) is 32.2 Å². The normalized spacial score (nSPS) is 16.4. The molecule has 1 atom stereocenters. The Kier molecular flexibility index (Phi) is 4.69. The molecule has 3 rings (SSSR count). The minimum absolute atomic E-state index is 0.0118. The Balaban J connectivity index is 1.65. The van der Waals surface area contributed by atoms with Crippen LogP contribution in [0.3, 0.4) is 0 Å². The van der Waals surface area contributed by atoms with Crippen molar-refractivity contribution in [3.05, 3.63) is 64.2 Å². The molecule has 1 aliphatic rings. The molecule has 0 fully saturated rings. The van der Waals surface area contributed by atoms with Gasteiger partial charge in [0.15, 0.2) is 0 Å². The Morgan fingerprint density at radius 3 is 2.87 bits per heavy atom. The number of carbonyl (C=O) groups is 1. The van der Waals surface area contributed by atoms with Crippen molar-refractivity contribution in [3.8, 4) is 0 Å². The second-order valence-corrected chi connectivity index (χ2v) is 6.54. The van der Waals surface area contributed by atoms with Crippen LogP contribution in [0.5, 0.6) is 0 Å². The molecule has 0 radical (unpaired) electrons. The molecule has 0 heterocycles. The Hall–Kier alpha value is -1.84. The first-order chi connectivity index (χ1) is 11.1. The summed E-state index contributed by atoms with van der Waals surface area (Å²) >= 11 is 6.10. The molecule has 0 bridgehead atoms. The topological polar surface area (TPSA) is 32.3 Å². The molecule has 0 spiro atoms. The predicted molar refractivity (Wildman–Crippen MR) is 95.0 cm³/mol. The molecule has 0 aliphatic heterocycles. The van der Waals surface area contributed by atoms with E-state index in [1.165, 1.54) is 11.1 Å². The number of fused-ring (bicyclic) bond motifs is 1. The van der Waals surface area contributed by atoms with Crippen molar-refractivity contribution in [1.82, 2.24) is 4.90 Å². The van der Waals surface area contributed by atoms with E-state index in [-0.39, 0.29) is 5.91 Å². The van der Waals surface area contributed by atoms with E-state index in [1.54, 1.807) is 0 Å². The SMILES string of the molecule is Cc1c(Cl)cccc1NC(=O)CN(C)[C@@H]1CCc2ccccc21. The zero-order chi connectivity index (χ0) is 16.4. The lowest BCUT2D eigenvalue weighted by molar-refractivity contribution is -0.117. The Bertz CT molecular complexity index is 729. The van der Waals surface area contributed by atoms with E-state index in [0.29, 0.717) is 17.6 Å². The lowest BCUT2D eigenvalue weighted by atomic mass is 10.1. The number of aryl methyl sites for hydroxylation is 1. The Labute approximate surface area is 142 Å². The number of hydrogen-bond acceptors (Lipinski definition) is 2. The third-order valence-corrected chi connectivity index (χ3v) is 4.98. The van der Waals surface area contributed by atoms with Crippen molar-refractivity contribution >= 4 is 23.2 Å². The highest BCUT2D eigenvalue weighted by Gasteiger charge is 2.26. The zero-order valence-corrected chi connectivity index (χ0v) is 14.2. The predicted octanol–water partition coefficient (Wildman–Crippen LogP) is 4.21. The molecule has 1 amide bonds. The summed E-state index contributed by atoms with van der Waals surface area (Å²) in [6.45, 7) is 2.28. The molecule has 2 aromatic carbocycles. The van der Waals surface area contributed by atoms with Gasteiger partial charge in [-0.2, -0.15) is 0 Å². The van der Waals surface area contributed by atoms with Gasteiger partial charge >= 0.3 is 0 Å². The average molecular weight is 329 g/mol. The first-order valence-electron chi connectivity index (χ1n) is 7.89. The van der Waals surface area contributed by atoms with Crippen molar-refractivity contribution in [1.29, 1.82) is 0 Å². The minimum atomic E-state index is -0.0118. The number of carbonyl (C=O) groups excluding carboxylic acids is 1. The van der Waals surface area contributed by atoms with Gasteiger partial charge in [0.05, 0.1) is 6.54 Å². The molecular formula is C19H21ClN2O. The number of halogens is 1. The first kappa shape index (κ1) is 16.0. The molecule has 1 N–H and O–H groups in total. The highest BCUT2D eigenvalue weighted by Crippen LogP contribution is 2.34. The van der Waals surface area contributed by atoms with Crippen LogP contribution in [0, 0.1) is 6.92 Å². The second kappa shape index (κ2) is 6.73. The Morgan fingerprint density at radius 1 is 1.26 bits per heavy atom. The molecule has 4 heteroatoms. The van der Waals surface area contributed by atoms with Crippen LogP contribution < -0.4 is 5.32 Å². The summed E-state index contributed by atoms with van der Waals surface area (Å²) in [5, 5.41) is 3.63. The van der Waals surface area contributed by atoms with Gasteiger partial charge < -0.3 is 5.32 Å². The summed E-state index contributed by atoms with van der Waals surface area (Å²) in [6.07, 6.45) is 2.15. The van der Waals surface area contributed by atoms with Gasteiger partial charge in [0.2, 0.25) is 5.91 Å². The number of rotatable bonds is 4. The van der Waals surface area contributed by atoms with Gasteiger partial charge in [-0.25, -0.2) is 0 Å². The number of likely N-dealkylation sites (N-methyl/N-ethyl adjacent to an activating group) is 1. The van der Waals surface area contributed by atoms with Crippen LogP contribution in [0.2, 0.25) is 5.02 Å². The van der Waals surface area contributed by atoms with Gasteiger partial charge in [-0.1, -0.05) is 41.9 Å². The zero-order valence-electron chi connectivity index (χ0n) is 13.5. The van der Waals surface area contributed by atoms with E-state index in [2.05, 4.69) is 34.5 Å². The van der Waals surface area contributed by atoms with E-state index in [0.717, 1.165) is 24.1 Å². The maximum Gasteiger partial charge on any atom is 0.238 e. The standard InChI is InChI=1S/C19H21ClN2O/c1-13-16(20)8-5-9-17(13)21-19(23)12-22(2)18-11-10-14-6-3-4-7-15(14)18/h3-9,18H,10-12H2,1-2H3,(H,21,23)/t18-/m1/s1. The summed E-state index contributed by atoms with van der Waals surface area (Å²) < 4.78 is 0.